The van der Waals surface area contributed by atoms with Crippen molar-refractivity contribution >= 4 is 0 Å². The first-order chi connectivity index (χ1) is 6.93. The van der Waals surface area contributed by atoms with Crippen molar-refractivity contribution in [1.82, 2.24) is 0 Å². The van der Waals surface area contributed by atoms with Crippen LogP contribution in [0.5, 0.6) is 0 Å². The molecule has 0 fully saturated rings. The zero-order chi connectivity index (χ0) is 10.1. The van der Waals surface area contributed by atoms with Crippen LogP contribution < -0.4 is 0 Å². The van der Waals surface area contributed by atoms with Crippen molar-refractivity contribution in [3.63, 3.8) is 0 Å². The second kappa shape index (κ2) is 9.23. The van der Waals surface area contributed by atoms with E-state index in [-0.39, 0.29) is 20.4 Å². The van der Waals surface area contributed by atoms with Crippen LogP contribution in [-0.2, 0) is 20.4 Å². The van der Waals surface area contributed by atoms with Crippen LogP contribution >= 0.6 is 0 Å². The largest absolute Gasteiger partial charge is 2.00 e. The van der Waals surface area contributed by atoms with E-state index in [0.717, 1.165) is 5.56 Å². The minimum Gasteiger partial charge on any atom is -0.366 e. The molecule has 15 heavy (non-hydrogen) atoms. The molecular weight excluding hydrogens is 275 g/mol. The summed E-state index contributed by atoms with van der Waals surface area (Å²) in [4.78, 5) is 0. The average Bonchev–Trinajstić information content (AvgIpc) is 2.33. The van der Waals surface area contributed by atoms with Gasteiger partial charge in [-0.15, -0.1) is 17.7 Å². The molecule has 0 nitrogen and oxygen atoms in total. The van der Waals surface area contributed by atoms with Crippen LogP contribution in [0, 0.1) is 18.4 Å². The minimum absolute atomic E-state index is 0. The quantitative estimate of drug-likeness (QED) is 0.396. The van der Waals surface area contributed by atoms with E-state index in [1.807, 2.05) is 60.7 Å². The molecule has 76 valence electrons. The van der Waals surface area contributed by atoms with Gasteiger partial charge < -0.3 is 6.42 Å². The molecule has 0 spiro atoms. The maximum Gasteiger partial charge on any atom is 2.00 e. The van der Waals surface area contributed by atoms with Crippen LogP contribution in [0.25, 0.3) is 0 Å². The molecule has 0 unspecified atom stereocenters. The maximum atomic E-state index is 6.69. The third-order valence-corrected chi connectivity index (χ3v) is 1.53. The van der Waals surface area contributed by atoms with Gasteiger partial charge in [0.05, 0.1) is 0 Å². The zero-order valence-corrected chi connectivity index (χ0v) is 9.64. The van der Waals surface area contributed by atoms with Crippen LogP contribution in [0.15, 0.2) is 60.7 Å². The summed E-state index contributed by atoms with van der Waals surface area (Å²) in [5.74, 6) is 2.28. The Bertz CT molecular complexity index is 346. The Morgan fingerprint density at radius 3 is 1.67 bits per heavy atom. The van der Waals surface area contributed by atoms with E-state index in [4.69, 9.17) is 6.42 Å². The molecule has 1 heteroatoms. The van der Waals surface area contributed by atoms with Gasteiger partial charge in [0.15, 0.2) is 0 Å². The summed E-state index contributed by atoms with van der Waals surface area (Å²) in [6.07, 6.45) is 6.69. The van der Waals surface area contributed by atoms with E-state index in [0.29, 0.717) is 0 Å². The van der Waals surface area contributed by atoms with E-state index >= 15 is 0 Å². The molecule has 0 N–H and O–H groups in total. The molecule has 2 aromatic rings. The molecule has 0 atom stereocenters. The van der Waals surface area contributed by atoms with Gasteiger partial charge in [-0.3, -0.25) is 5.92 Å². The van der Waals surface area contributed by atoms with Gasteiger partial charge in [-0.1, -0.05) is 18.2 Å². The van der Waals surface area contributed by atoms with E-state index in [1.165, 1.54) is 0 Å². The molecule has 0 bridgehead atoms. The molecular formula is C14H10Pd. The Morgan fingerprint density at radius 1 is 0.867 bits per heavy atom. The molecule has 2 rings (SSSR count). The van der Waals surface area contributed by atoms with Crippen LogP contribution in [0.2, 0.25) is 0 Å². The van der Waals surface area contributed by atoms with E-state index < -0.39 is 0 Å². The molecule has 0 aliphatic carbocycles. The summed E-state index contributed by atoms with van der Waals surface area (Å²) in [5, 5.41) is 0. The molecule has 0 aromatic heterocycles. The molecule has 0 amide bonds. The van der Waals surface area contributed by atoms with Gasteiger partial charge in [0.25, 0.3) is 0 Å². The maximum absolute atomic E-state index is 6.69. The molecule has 0 heterocycles. The number of hydrogen-bond donors (Lipinski definition) is 0. The Morgan fingerprint density at radius 2 is 1.40 bits per heavy atom. The van der Waals surface area contributed by atoms with Crippen molar-refractivity contribution in [3.8, 4) is 5.92 Å². The standard InChI is InChI=1S/C8H5.C6H5.Pd/c1-2-8-6-4-3-5-7-8;1-2-4-6-5-3-1;/h3-7H;1-5H;/q2*-1;+2. The van der Waals surface area contributed by atoms with Gasteiger partial charge in [0.2, 0.25) is 0 Å². The van der Waals surface area contributed by atoms with Gasteiger partial charge in [-0.25, -0.2) is 0 Å². The molecule has 0 aliphatic heterocycles. The van der Waals surface area contributed by atoms with Gasteiger partial charge >= 0.3 is 20.4 Å². The van der Waals surface area contributed by atoms with Crippen molar-refractivity contribution < 1.29 is 20.4 Å². The predicted molar refractivity (Wildman–Crippen MR) is 58.0 cm³/mol. The number of benzene rings is 2. The zero-order valence-electron chi connectivity index (χ0n) is 8.09. The number of rotatable bonds is 0. The summed E-state index contributed by atoms with van der Waals surface area (Å²) in [7, 11) is 0. The van der Waals surface area contributed by atoms with Crippen molar-refractivity contribution in [2.75, 3.05) is 0 Å². The fourth-order valence-electron chi connectivity index (χ4n) is 0.863. The smallest absolute Gasteiger partial charge is 0.366 e. The van der Waals surface area contributed by atoms with Crippen LogP contribution in [0.4, 0.5) is 0 Å². The summed E-state index contributed by atoms with van der Waals surface area (Å²) in [5.41, 5.74) is 0.826. The molecule has 0 radical (unpaired) electrons. The summed E-state index contributed by atoms with van der Waals surface area (Å²) in [6, 6.07) is 21.9. The summed E-state index contributed by atoms with van der Waals surface area (Å²) in [6.45, 7) is 0. The first-order valence-electron chi connectivity index (χ1n) is 4.32. The molecule has 0 aliphatic rings. The second-order valence-corrected chi connectivity index (χ2v) is 2.57. The van der Waals surface area contributed by atoms with E-state index in [2.05, 4.69) is 12.0 Å². The topological polar surface area (TPSA) is 0 Å². The summed E-state index contributed by atoms with van der Waals surface area (Å²) >= 11 is 0. The Balaban J connectivity index is 0.000000253. The van der Waals surface area contributed by atoms with Gasteiger partial charge in [0.1, 0.15) is 0 Å². The third-order valence-electron chi connectivity index (χ3n) is 1.53. The third kappa shape index (κ3) is 6.70. The SMILES string of the molecule is [C-]#Cc1ccccc1.[Pd+2].[c-]1ccccc1. The van der Waals surface area contributed by atoms with E-state index in [1.54, 1.807) is 0 Å². The Labute approximate surface area is 105 Å². The normalized spacial score (nSPS) is 7.40. The Kier molecular flexibility index (Phi) is 8.40. The van der Waals surface area contributed by atoms with Crippen molar-refractivity contribution in [2.45, 2.75) is 0 Å². The monoisotopic (exact) mass is 284 g/mol. The van der Waals surface area contributed by atoms with Gasteiger partial charge in [-0.2, -0.15) is 36.4 Å². The van der Waals surface area contributed by atoms with Crippen LogP contribution in [-0.4, -0.2) is 0 Å². The minimum atomic E-state index is 0. The van der Waals surface area contributed by atoms with Crippen molar-refractivity contribution in [3.05, 3.63) is 78.7 Å². The fourth-order valence-corrected chi connectivity index (χ4v) is 0.863. The fraction of sp³-hybridized carbons (Fsp3) is 0. The van der Waals surface area contributed by atoms with Crippen LogP contribution in [0.3, 0.4) is 0 Å². The second-order valence-electron chi connectivity index (χ2n) is 2.57. The Hall–Kier alpha value is -1.34. The predicted octanol–water partition coefficient (Wildman–Crippen LogP) is 3.11. The average molecular weight is 285 g/mol. The van der Waals surface area contributed by atoms with Crippen molar-refractivity contribution in [1.29, 1.82) is 0 Å². The molecule has 2 aromatic carbocycles. The molecule has 0 saturated carbocycles. The molecule has 0 saturated heterocycles. The van der Waals surface area contributed by atoms with Crippen molar-refractivity contribution in [2.24, 2.45) is 0 Å². The first-order valence-corrected chi connectivity index (χ1v) is 4.32. The van der Waals surface area contributed by atoms with E-state index in [9.17, 15) is 0 Å². The summed E-state index contributed by atoms with van der Waals surface area (Å²) < 4.78 is 0. The van der Waals surface area contributed by atoms with Gasteiger partial charge in [-0.05, 0) is 0 Å². The van der Waals surface area contributed by atoms with Crippen LogP contribution in [0.1, 0.15) is 5.56 Å². The van der Waals surface area contributed by atoms with Gasteiger partial charge in [0, 0.05) is 0 Å². The number of hydrogen-bond acceptors (Lipinski definition) is 0. The first kappa shape index (κ1) is 13.7.